The fourth-order valence-electron chi connectivity index (χ4n) is 1.14. The second-order valence-electron chi connectivity index (χ2n) is 2.75. The van der Waals surface area contributed by atoms with E-state index >= 15 is 0 Å². The van der Waals surface area contributed by atoms with Crippen LogP contribution in [-0.2, 0) is 10.0 Å². The molecule has 1 radical (unpaired) electrons. The zero-order chi connectivity index (χ0) is 8.32. The van der Waals surface area contributed by atoms with Crippen molar-refractivity contribution in [2.45, 2.75) is 26.2 Å². The van der Waals surface area contributed by atoms with Gasteiger partial charge in [-0.3, -0.25) is 0 Å². The molecular formula is C7H14NO2S. The van der Waals surface area contributed by atoms with Crippen LogP contribution in [0.3, 0.4) is 0 Å². The van der Waals surface area contributed by atoms with E-state index in [0.29, 0.717) is 12.3 Å². The smallest absolute Gasteiger partial charge is 0.212 e. The highest BCUT2D eigenvalue weighted by Gasteiger charge is 2.27. The minimum atomic E-state index is -2.88. The summed E-state index contributed by atoms with van der Waals surface area (Å²) >= 11 is 0. The summed E-state index contributed by atoms with van der Waals surface area (Å²) < 4.78 is 23.8. The SMILES string of the molecule is CCC[CH]N1CCCS1(=O)=O. The lowest BCUT2D eigenvalue weighted by Crippen LogP contribution is -2.22. The highest BCUT2D eigenvalue weighted by atomic mass is 32.2. The molecule has 0 aliphatic carbocycles. The van der Waals surface area contributed by atoms with E-state index in [2.05, 4.69) is 0 Å². The van der Waals surface area contributed by atoms with Crippen LogP contribution in [0.1, 0.15) is 26.2 Å². The molecule has 1 aliphatic heterocycles. The summed E-state index contributed by atoms with van der Waals surface area (Å²) in [5.74, 6) is 0.327. The molecule has 0 amide bonds. The Kier molecular flexibility index (Phi) is 2.90. The standard InChI is InChI=1S/C7H14NO2S/c1-2-3-5-8-6-4-7-11(8,9)10/h5H,2-4,6-7H2,1H3. The summed E-state index contributed by atoms with van der Waals surface area (Å²) in [6.45, 7) is 4.52. The van der Waals surface area contributed by atoms with E-state index in [9.17, 15) is 8.42 Å². The van der Waals surface area contributed by atoms with Gasteiger partial charge < -0.3 is 0 Å². The van der Waals surface area contributed by atoms with E-state index in [1.165, 1.54) is 4.31 Å². The number of nitrogens with zero attached hydrogens (tertiary/aromatic N) is 1. The van der Waals surface area contributed by atoms with Gasteiger partial charge in [-0.15, -0.1) is 0 Å². The molecule has 0 saturated carbocycles. The lowest BCUT2D eigenvalue weighted by atomic mass is 10.3. The van der Waals surface area contributed by atoms with Crippen molar-refractivity contribution in [3.05, 3.63) is 6.54 Å². The molecule has 0 spiro atoms. The van der Waals surface area contributed by atoms with Crippen molar-refractivity contribution in [3.63, 3.8) is 0 Å². The number of hydrogen-bond donors (Lipinski definition) is 0. The summed E-state index contributed by atoms with van der Waals surface area (Å²) in [5, 5.41) is 0. The molecule has 1 saturated heterocycles. The van der Waals surface area contributed by atoms with Crippen molar-refractivity contribution in [3.8, 4) is 0 Å². The van der Waals surface area contributed by atoms with Crippen LogP contribution in [0.4, 0.5) is 0 Å². The van der Waals surface area contributed by atoms with Crippen LogP contribution in [0.25, 0.3) is 0 Å². The summed E-state index contributed by atoms with van der Waals surface area (Å²) in [6.07, 6.45) is 2.65. The maximum atomic E-state index is 11.2. The predicted molar refractivity (Wildman–Crippen MR) is 44.3 cm³/mol. The molecular weight excluding hydrogens is 162 g/mol. The number of sulfonamides is 1. The number of unbranched alkanes of at least 4 members (excludes halogenated alkanes) is 1. The average molecular weight is 176 g/mol. The molecule has 0 aromatic rings. The van der Waals surface area contributed by atoms with Crippen molar-refractivity contribution in [2.24, 2.45) is 0 Å². The summed E-state index contributed by atoms with van der Waals surface area (Å²) in [5.41, 5.74) is 0. The highest BCUT2D eigenvalue weighted by Crippen LogP contribution is 2.16. The van der Waals surface area contributed by atoms with Gasteiger partial charge in [-0.25, -0.2) is 8.42 Å². The van der Waals surface area contributed by atoms with Gasteiger partial charge in [-0.1, -0.05) is 13.3 Å². The second kappa shape index (κ2) is 3.54. The highest BCUT2D eigenvalue weighted by molar-refractivity contribution is 7.89. The number of hydrogen-bond acceptors (Lipinski definition) is 2. The van der Waals surface area contributed by atoms with Crippen LogP contribution in [0.5, 0.6) is 0 Å². The topological polar surface area (TPSA) is 37.4 Å². The van der Waals surface area contributed by atoms with Gasteiger partial charge in [0.1, 0.15) is 0 Å². The van der Waals surface area contributed by atoms with Gasteiger partial charge in [0.25, 0.3) is 0 Å². The normalized spacial score (nSPS) is 24.1. The Morgan fingerprint density at radius 3 is 2.73 bits per heavy atom. The quantitative estimate of drug-likeness (QED) is 0.643. The third kappa shape index (κ3) is 2.17. The summed E-state index contributed by atoms with van der Waals surface area (Å²) in [4.78, 5) is 0. The number of rotatable bonds is 3. The van der Waals surface area contributed by atoms with E-state index < -0.39 is 10.0 Å². The van der Waals surface area contributed by atoms with E-state index in [1.807, 2.05) is 6.92 Å². The molecule has 0 N–H and O–H groups in total. The molecule has 0 unspecified atom stereocenters. The molecule has 0 aromatic heterocycles. The van der Waals surface area contributed by atoms with Gasteiger partial charge in [-0.05, 0) is 12.8 Å². The molecule has 0 aromatic carbocycles. The monoisotopic (exact) mass is 176 g/mol. The maximum absolute atomic E-state index is 11.2. The molecule has 4 heteroatoms. The van der Waals surface area contributed by atoms with Gasteiger partial charge in [0.05, 0.1) is 5.75 Å². The fourth-order valence-corrected chi connectivity index (χ4v) is 2.61. The van der Waals surface area contributed by atoms with Gasteiger partial charge >= 0.3 is 0 Å². The van der Waals surface area contributed by atoms with Crippen molar-refractivity contribution in [1.82, 2.24) is 4.31 Å². The van der Waals surface area contributed by atoms with Crippen LogP contribution in [0.15, 0.2) is 0 Å². The van der Waals surface area contributed by atoms with Gasteiger partial charge in [-0.2, -0.15) is 4.31 Å². The molecule has 11 heavy (non-hydrogen) atoms. The molecule has 65 valence electrons. The van der Waals surface area contributed by atoms with E-state index in [-0.39, 0.29) is 0 Å². The average Bonchev–Trinajstić information content (AvgIpc) is 2.25. The van der Waals surface area contributed by atoms with Crippen molar-refractivity contribution in [1.29, 1.82) is 0 Å². The minimum absolute atomic E-state index is 0.327. The minimum Gasteiger partial charge on any atom is -0.212 e. The zero-order valence-electron chi connectivity index (χ0n) is 6.78. The Labute approximate surface area is 68.4 Å². The van der Waals surface area contributed by atoms with Crippen LogP contribution in [0, 0.1) is 6.54 Å². The zero-order valence-corrected chi connectivity index (χ0v) is 7.60. The lowest BCUT2D eigenvalue weighted by Gasteiger charge is -2.11. The first-order chi connectivity index (χ1) is 5.17. The molecule has 0 atom stereocenters. The van der Waals surface area contributed by atoms with Crippen LogP contribution >= 0.6 is 0 Å². The Morgan fingerprint density at radius 1 is 1.55 bits per heavy atom. The summed E-state index contributed by atoms with van der Waals surface area (Å²) in [6, 6.07) is 0. The van der Waals surface area contributed by atoms with E-state index in [1.54, 1.807) is 6.54 Å². The first kappa shape index (κ1) is 9.00. The molecule has 1 rings (SSSR count). The van der Waals surface area contributed by atoms with Crippen molar-refractivity contribution >= 4 is 10.0 Å². The Morgan fingerprint density at radius 2 is 2.27 bits per heavy atom. The fraction of sp³-hybridized carbons (Fsp3) is 0.857. The Hall–Kier alpha value is -0.0900. The van der Waals surface area contributed by atoms with Crippen LogP contribution in [-0.4, -0.2) is 25.0 Å². The van der Waals surface area contributed by atoms with Gasteiger partial charge in [0.15, 0.2) is 0 Å². The second-order valence-corrected chi connectivity index (χ2v) is 4.79. The predicted octanol–water partition coefficient (Wildman–Crippen LogP) is 0.984. The largest absolute Gasteiger partial charge is 0.214 e. The Bertz CT molecular complexity index is 210. The maximum Gasteiger partial charge on any atom is 0.214 e. The molecule has 3 nitrogen and oxygen atoms in total. The third-order valence-electron chi connectivity index (χ3n) is 1.76. The molecule has 1 heterocycles. The van der Waals surface area contributed by atoms with E-state index in [4.69, 9.17) is 0 Å². The summed E-state index contributed by atoms with van der Waals surface area (Å²) in [7, 11) is -2.88. The molecule has 0 bridgehead atoms. The van der Waals surface area contributed by atoms with Crippen molar-refractivity contribution < 1.29 is 8.42 Å². The first-order valence-corrected chi connectivity index (χ1v) is 5.60. The van der Waals surface area contributed by atoms with E-state index in [0.717, 1.165) is 19.3 Å². The molecule has 1 aliphatic rings. The van der Waals surface area contributed by atoms with Gasteiger partial charge in [0.2, 0.25) is 10.0 Å². The molecule has 1 fully saturated rings. The lowest BCUT2D eigenvalue weighted by molar-refractivity contribution is 0.489. The van der Waals surface area contributed by atoms with Gasteiger partial charge in [0, 0.05) is 13.1 Å². The van der Waals surface area contributed by atoms with Crippen LogP contribution in [0.2, 0.25) is 0 Å². The van der Waals surface area contributed by atoms with Crippen LogP contribution < -0.4 is 0 Å². The Balaban J connectivity index is 2.45. The van der Waals surface area contributed by atoms with Crippen molar-refractivity contribution in [2.75, 3.05) is 12.3 Å². The third-order valence-corrected chi connectivity index (χ3v) is 3.61. The first-order valence-electron chi connectivity index (χ1n) is 3.99.